The summed E-state index contributed by atoms with van der Waals surface area (Å²) in [7, 11) is 0. The maximum atomic E-state index is 11.7. The van der Waals surface area contributed by atoms with E-state index in [-0.39, 0.29) is 12.2 Å². The smallest absolute Gasteiger partial charge is 0.310 e. The maximum absolute atomic E-state index is 11.7. The highest BCUT2D eigenvalue weighted by atomic mass is 16.5. The number of carbonyl (C=O) groups is 2. The molecule has 0 spiro atoms. The third-order valence-corrected chi connectivity index (χ3v) is 2.50. The van der Waals surface area contributed by atoms with Crippen LogP contribution < -0.4 is 0 Å². The third kappa shape index (κ3) is 3.42. The van der Waals surface area contributed by atoms with Gasteiger partial charge in [0.1, 0.15) is 0 Å². The van der Waals surface area contributed by atoms with Gasteiger partial charge in [0.25, 0.3) is 0 Å². The summed E-state index contributed by atoms with van der Waals surface area (Å²) < 4.78 is 4.85. The molecule has 4 nitrogen and oxygen atoms in total. The molecule has 94 valence electrons. The number of hydrogen-bond donors (Lipinski definition) is 0. The lowest BCUT2D eigenvalue weighted by atomic mass is 9.97. The van der Waals surface area contributed by atoms with Crippen LogP contribution in [0, 0.1) is 11.3 Å². The molecule has 0 N–H and O–H groups in total. The fourth-order valence-corrected chi connectivity index (χ4v) is 1.64. The second-order valence-corrected chi connectivity index (χ2v) is 3.74. The summed E-state index contributed by atoms with van der Waals surface area (Å²) in [6.45, 7) is 3.78. The van der Waals surface area contributed by atoms with Crippen molar-refractivity contribution in [3.8, 4) is 6.07 Å². The Morgan fingerprint density at radius 1 is 1.33 bits per heavy atom. The van der Waals surface area contributed by atoms with Crippen LogP contribution >= 0.6 is 0 Å². The molecule has 0 amide bonds. The summed E-state index contributed by atoms with van der Waals surface area (Å²) in [5, 5.41) is 8.84. The number of ether oxygens (including phenoxy) is 1. The van der Waals surface area contributed by atoms with Crippen molar-refractivity contribution in [2.75, 3.05) is 6.61 Å². The molecular weight excluding hydrogens is 230 g/mol. The highest BCUT2D eigenvalue weighted by Gasteiger charge is 2.14. The van der Waals surface area contributed by atoms with Crippen LogP contribution in [0.15, 0.2) is 18.2 Å². The summed E-state index contributed by atoms with van der Waals surface area (Å²) in [4.78, 5) is 23.2. The van der Waals surface area contributed by atoms with Gasteiger partial charge in [0, 0.05) is 12.0 Å². The van der Waals surface area contributed by atoms with E-state index < -0.39 is 5.97 Å². The van der Waals surface area contributed by atoms with Crippen LogP contribution in [0.1, 0.15) is 41.8 Å². The van der Waals surface area contributed by atoms with Crippen molar-refractivity contribution in [2.45, 2.75) is 26.7 Å². The zero-order valence-electron chi connectivity index (χ0n) is 10.5. The Kier molecular flexibility index (Phi) is 5.06. The van der Waals surface area contributed by atoms with E-state index in [0.29, 0.717) is 29.7 Å². The molecule has 1 aromatic rings. The molecule has 0 saturated carbocycles. The highest BCUT2D eigenvalue weighted by Crippen LogP contribution is 2.15. The zero-order chi connectivity index (χ0) is 13.5. The first-order chi connectivity index (χ1) is 8.62. The van der Waals surface area contributed by atoms with Crippen LogP contribution in [0.4, 0.5) is 0 Å². The Morgan fingerprint density at radius 3 is 2.61 bits per heavy atom. The molecule has 0 bridgehead atoms. The van der Waals surface area contributed by atoms with Gasteiger partial charge >= 0.3 is 5.97 Å². The maximum Gasteiger partial charge on any atom is 0.310 e. The Hall–Kier alpha value is -2.15. The molecule has 0 saturated heterocycles. The molecule has 0 unspecified atom stereocenters. The van der Waals surface area contributed by atoms with Gasteiger partial charge in [-0.25, -0.2) is 0 Å². The van der Waals surface area contributed by atoms with E-state index in [1.54, 1.807) is 32.0 Å². The highest BCUT2D eigenvalue weighted by molar-refractivity contribution is 5.98. The van der Waals surface area contributed by atoms with Crippen molar-refractivity contribution in [1.82, 2.24) is 0 Å². The summed E-state index contributed by atoms with van der Waals surface area (Å²) in [5.41, 5.74) is 1.48. The lowest BCUT2D eigenvalue weighted by Crippen LogP contribution is -2.11. The number of ketones is 1. The molecule has 0 fully saturated rings. The second kappa shape index (κ2) is 6.55. The van der Waals surface area contributed by atoms with Crippen molar-refractivity contribution in [1.29, 1.82) is 5.26 Å². The van der Waals surface area contributed by atoms with Gasteiger partial charge in [0.05, 0.1) is 24.7 Å². The Labute approximate surface area is 106 Å². The molecule has 1 aromatic carbocycles. The average Bonchev–Trinajstić information content (AvgIpc) is 2.38. The van der Waals surface area contributed by atoms with Gasteiger partial charge in [-0.2, -0.15) is 5.26 Å². The van der Waals surface area contributed by atoms with Gasteiger partial charge in [0.2, 0.25) is 0 Å². The number of Topliss-reactive ketones (excluding diaryl/α,β-unsaturated/α-hetero) is 1. The minimum absolute atomic E-state index is 0.0183. The molecule has 0 aliphatic carbocycles. The van der Waals surface area contributed by atoms with E-state index in [1.807, 2.05) is 6.07 Å². The van der Waals surface area contributed by atoms with E-state index in [4.69, 9.17) is 10.00 Å². The number of carbonyl (C=O) groups excluding carboxylic acids is 2. The van der Waals surface area contributed by atoms with E-state index in [9.17, 15) is 9.59 Å². The quantitative estimate of drug-likeness (QED) is 0.589. The summed E-state index contributed by atoms with van der Waals surface area (Å²) >= 11 is 0. The van der Waals surface area contributed by atoms with E-state index in [0.717, 1.165) is 0 Å². The fraction of sp³-hybridized carbons (Fsp3) is 0.357. The first-order valence-corrected chi connectivity index (χ1v) is 5.84. The molecule has 1 rings (SSSR count). The number of nitriles is 1. The van der Waals surface area contributed by atoms with Crippen LogP contribution in [0.25, 0.3) is 0 Å². The number of esters is 1. The second-order valence-electron chi connectivity index (χ2n) is 3.74. The Bertz CT molecular complexity index is 500. The molecule has 4 heteroatoms. The normalized spacial score (nSPS) is 9.61. The Balaban J connectivity index is 3.08. The Morgan fingerprint density at radius 2 is 2.06 bits per heavy atom. The van der Waals surface area contributed by atoms with Crippen LogP contribution in [0.2, 0.25) is 0 Å². The molecule has 0 atom stereocenters. The molecule has 0 aromatic heterocycles. The summed E-state index contributed by atoms with van der Waals surface area (Å²) in [6.07, 6.45) is 0.381. The van der Waals surface area contributed by atoms with E-state index in [1.165, 1.54) is 0 Å². The van der Waals surface area contributed by atoms with E-state index >= 15 is 0 Å². The lowest BCUT2D eigenvalue weighted by Gasteiger charge is -2.08. The molecule has 0 aliphatic rings. The largest absolute Gasteiger partial charge is 0.466 e. The van der Waals surface area contributed by atoms with Crippen molar-refractivity contribution in [3.05, 3.63) is 34.9 Å². The fourth-order valence-electron chi connectivity index (χ4n) is 1.64. The van der Waals surface area contributed by atoms with Crippen molar-refractivity contribution >= 4 is 11.8 Å². The van der Waals surface area contributed by atoms with Crippen LogP contribution in [-0.2, 0) is 16.0 Å². The number of nitrogens with zero attached hydrogens (tertiary/aromatic N) is 1. The monoisotopic (exact) mass is 245 g/mol. The lowest BCUT2D eigenvalue weighted by molar-refractivity contribution is -0.142. The molecule has 0 aliphatic heterocycles. The zero-order valence-corrected chi connectivity index (χ0v) is 10.5. The summed E-state index contributed by atoms with van der Waals surface area (Å²) in [6, 6.07) is 6.74. The van der Waals surface area contributed by atoms with Crippen molar-refractivity contribution in [2.24, 2.45) is 0 Å². The number of benzene rings is 1. The van der Waals surface area contributed by atoms with Crippen LogP contribution in [-0.4, -0.2) is 18.4 Å². The van der Waals surface area contributed by atoms with Gasteiger partial charge in [-0.3, -0.25) is 9.59 Å². The number of hydrogen-bond acceptors (Lipinski definition) is 4. The van der Waals surface area contributed by atoms with Gasteiger partial charge in [-0.1, -0.05) is 6.92 Å². The third-order valence-electron chi connectivity index (χ3n) is 2.50. The number of rotatable bonds is 5. The molecule has 18 heavy (non-hydrogen) atoms. The summed E-state index contributed by atoms with van der Waals surface area (Å²) in [5.74, 6) is -0.434. The van der Waals surface area contributed by atoms with Crippen LogP contribution in [0.5, 0.6) is 0 Å². The topological polar surface area (TPSA) is 67.2 Å². The standard InChI is InChI=1S/C14H15NO3/c1-3-13(16)12-6-5-10(9-15)7-11(12)8-14(17)18-4-2/h5-7H,3-4,8H2,1-2H3. The van der Waals surface area contributed by atoms with Gasteiger partial charge in [-0.15, -0.1) is 0 Å². The first-order valence-electron chi connectivity index (χ1n) is 5.84. The minimum atomic E-state index is -0.391. The van der Waals surface area contributed by atoms with Crippen molar-refractivity contribution < 1.29 is 14.3 Å². The predicted molar refractivity (Wildman–Crippen MR) is 66.1 cm³/mol. The minimum Gasteiger partial charge on any atom is -0.466 e. The van der Waals surface area contributed by atoms with Crippen LogP contribution in [0.3, 0.4) is 0 Å². The molecule has 0 heterocycles. The van der Waals surface area contributed by atoms with Crippen molar-refractivity contribution in [3.63, 3.8) is 0 Å². The van der Waals surface area contributed by atoms with E-state index in [2.05, 4.69) is 0 Å². The van der Waals surface area contributed by atoms with Gasteiger partial charge in [0.15, 0.2) is 5.78 Å². The average molecular weight is 245 g/mol. The SMILES string of the molecule is CCOC(=O)Cc1cc(C#N)ccc1C(=O)CC. The molecule has 0 radical (unpaired) electrons. The van der Waals surface area contributed by atoms with Gasteiger partial charge < -0.3 is 4.74 Å². The van der Waals surface area contributed by atoms with Gasteiger partial charge in [-0.05, 0) is 30.7 Å². The first kappa shape index (κ1) is 13.9. The molecular formula is C14H15NO3. The predicted octanol–water partition coefficient (Wildman–Crippen LogP) is 2.26.